The number of urea groups is 1. The quantitative estimate of drug-likeness (QED) is 0.0333. The fourth-order valence-corrected chi connectivity index (χ4v) is 6.10. The Morgan fingerprint density at radius 2 is 1.05 bits per heavy atom. The molecule has 2 atom stereocenters. The molecule has 0 fully saturated rings. The molecule has 366 valence electrons. The minimum absolute atomic E-state index is 0.0124. The Morgan fingerprint density at radius 1 is 0.578 bits per heavy atom. The van der Waals surface area contributed by atoms with Gasteiger partial charge in [0, 0.05) is 45.3 Å². The third-order valence-electron chi connectivity index (χ3n) is 9.15. The molecule has 0 spiro atoms. The largest absolute Gasteiger partial charge is 0.460 e. The van der Waals surface area contributed by atoms with Crippen LogP contribution in [0.5, 0.6) is 0 Å². The van der Waals surface area contributed by atoms with Crippen molar-refractivity contribution in [2.24, 2.45) is 5.73 Å². The summed E-state index contributed by atoms with van der Waals surface area (Å²) in [5, 5.41) is 22.2. The van der Waals surface area contributed by atoms with Gasteiger partial charge in [-0.3, -0.25) is 23.9 Å². The molecule has 0 saturated carbocycles. The third kappa shape index (κ3) is 31.1. The Balaban J connectivity index is 2.45. The number of aryl methyl sites for hydroxylation is 1. The monoisotopic (exact) mass is 908 g/mol. The van der Waals surface area contributed by atoms with Crippen molar-refractivity contribution in [3.05, 3.63) is 11.9 Å². The highest BCUT2D eigenvalue weighted by molar-refractivity contribution is 5.87. The van der Waals surface area contributed by atoms with E-state index in [1.165, 1.54) is 0 Å². The van der Waals surface area contributed by atoms with Crippen molar-refractivity contribution in [2.45, 2.75) is 213 Å². The summed E-state index contributed by atoms with van der Waals surface area (Å²) in [6, 6.07) is -3.03. The number of rotatable bonds is 31. The fourth-order valence-electron chi connectivity index (χ4n) is 6.10. The number of esters is 3. The first kappa shape index (κ1) is 57.2. The van der Waals surface area contributed by atoms with Crippen LogP contribution in [0.1, 0.15) is 177 Å². The number of nitrogens with two attached hydrogens (primary N) is 1. The van der Waals surface area contributed by atoms with Crippen molar-refractivity contribution in [1.29, 1.82) is 0 Å². The van der Waals surface area contributed by atoms with Gasteiger partial charge in [0.1, 0.15) is 34.6 Å². The van der Waals surface area contributed by atoms with Gasteiger partial charge in [-0.1, -0.05) is 24.5 Å². The summed E-state index contributed by atoms with van der Waals surface area (Å²) in [6.07, 6.45) is 11.6. The molecule has 0 aliphatic rings. The van der Waals surface area contributed by atoms with E-state index in [1.807, 2.05) is 0 Å². The molecule has 64 heavy (non-hydrogen) atoms. The number of nitrogens with one attached hydrogen (secondary N) is 5. The van der Waals surface area contributed by atoms with Crippen LogP contribution in [0.4, 0.5) is 4.79 Å². The maximum atomic E-state index is 13.2. The second-order valence-electron chi connectivity index (χ2n) is 19.1. The van der Waals surface area contributed by atoms with Gasteiger partial charge >= 0.3 is 23.9 Å². The zero-order chi connectivity index (χ0) is 48.2. The van der Waals surface area contributed by atoms with Crippen molar-refractivity contribution in [1.82, 2.24) is 41.6 Å². The molecule has 1 rings (SSSR count). The summed E-state index contributed by atoms with van der Waals surface area (Å²) in [5.74, 6) is -1.93. The lowest BCUT2D eigenvalue weighted by Gasteiger charge is -2.27. The molecule has 1 aromatic heterocycles. The second kappa shape index (κ2) is 30.3. The number of aromatic nitrogens is 3. The number of unbranched alkanes of at least 4 members (excludes halogenated alkanes) is 7. The maximum absolute atomic E-state index is 13.2. The number of carbonyl (C=O) groups excluding carboxylic acids is 7. The third-order valence-corrected chi connectivity index (χ3v) is 9.15. The normalized spacial score (nSPS) is 12.7. The number of nitrogens with zero attached hydrogens (tertiary/aromatic N) is 3. The second-order valence-corrected chi connectivity index (χ2v) is 19.1. The van der Waals surface area contributed by atoms with E-state index in [0.717, 1.165) is 51.4 Å². The molecule has 0 radical (unpaired) electrons. The molecular weight excluding hydrogens is 827 g/mol. The van der Waals surface area contributed by atoms with Crippen LogP contribution in [0.15, 0.2) is 6.20 Å². The lowest BCUT2D eigenvalue weighted by molar-refractivity contribution is -0.159. The molecule has 7 N–H and O–H groups in total. The summed E-state index contributed by atoms with van der Waals surface area (Å²) in [6.45, 7) is 17.9. The zero-order valence-electron chi connectivity index (χ0n) is 40.3. The minimum atomic E-state index is -1.19. The molecule has 0 saturated heterocycles. The minimum Gasteiger partial charge on any atom is -0.460 e. The van der Waals surface area contributed by atoms with E-state index < -0.39 is 52.8 Å². The van der Waals surface area contributed by atoms with Crippen LogP contribution in [0.2, 0.25) is 0 Å². The first-order valence-corrected chi connectivity index (χ1v) is 23.1. The highest BCUT2D eigenvalue weighted by atomic mass is 16.6. The topological polar surface area (TPSA) is 264 Å². The maximum Gasteiger partial charge on any atom is 0.329 e. The SMILES string of the molecule is CC(C)(C)OC(=O)CCC(NC(=O)NC(CCCCn1cc(CNC(=O)CCCCCNC(=O)CCCCCNC(=O)CCCCCN)nn1)C(=O)OC(C)(C)C)C(=O)OC(C)(C)C. The Hall–Kier alpha value is -4.81. The number of carbonyl (C=O) groups is 7. The molecule has 0 aliphatic heterocycles. The van der Waals surface area contributed by atoms with E-state index in [2.05, 4.69) is 36.9 Å². The van der Waals surface area contributed by atoms with Crippen LogP contribution in [0.3, 0.4) is 0 Å². The Labute approximate surface area is 380 Å². The van der Waals surface area contributed by atoms with E-state index in [4.69, 9.17) is 19.9 Å². The van der Waals surface area contributed by atoms with E-state index in [-0.39, 0.29) is 43.5 Å². The molecule has 0 aromatic carbocycles. The Kier molecular flexibility index (Phi) is 27.1. The Bertz CT molecular complexity index is 1580. The van der Waals surface area contributed by atoms with Crippen molar-refractivity contribution < 1.29 is 47.8 Å². The molecule has 1 heterocycles. The number of hydrogen-bond acceptors (Lipinski definition) is 13. The average molecular weight is 908 g/mol. The smallest absolute Gasteiger partial charge is 0.329 e. The molecule has 2 unspecified atom stereocenters. The van der Waals surface area contributed by atoms with E-state index in [0.29, 0.717) is 70.4 Å². The van der Waals surface area contributed by atoms with E-state index in [1.54, 1.807) is 73.2 Å². The lowest BCUT2D eigenvalue weighted by atomic mass is 10.1. The van der Waals surface area contributed by atoms with Crippen LogP contribution < -0.4 is 32.3 Å². The van der Waals surface area contributed by atoms with Crippen molar-refractivity contribution >= 4 is 41.7 Å². The number of ether oxygens (including phenoxy) is 3. The van der Waals surface area contributed by atoms with Crippen LogP contribution in [0.25, 0.3) is 0 Å². The molecule has 5 amide bonds. The standard InChI is InChI=1S/C45H81N9O10/c1-43(2,3)62-39(58)26-25-35(41(60)64-45(7,8)9)51-42(61)50-34(40(59)63-44(4,5)6)21-16-20-30-54-32-33(52-53-54)31-49-38(57)24-15-12-19-29-48-37(56)23-14-11-18-28-47-36(55)22-13-10-17-27-46/h32,34-35H,10-31,46H2,1-9H3,(H,47,55)(H,48,56)(H,49,57)(H2,50,51,61). The van der Waals surface area contributed by atoms with Crippen LogP contribution >= 0.6 is 0 Å². The highest BCUT2D eigenvalue weighted by Crippen LogP contribution is 2.15. The van der Waals surface area contributed by atoms with Crippen LogP contribution in [-0.4, -0.2) is 105 Å². The molecule has 0 aliphatic carbocycles. The number of amides is 5. The summed E-state index contributed by atoms with van der Waals surface area (Å²) in [4.78, 5) is 88.2. The molecule has 1 aromatic rings. The first-order chi connectivity index (χ1) is 30.0. The summed E-state index contributed by atoms with van der Waals surface area (Å²) >= 11 is 0. The van der Waals surface area contributed by atoms with Crippen molar-refractivity contribution in [3.8, 4) is 0 Å². The molecule has 0 bridgehead atoms. The van der Waals surface area contributed by atoms with Crippen molar-refractivity contribution in [2.75, 3.05) is 19.6 Å². The lowest BCUT2D eigenvalue weighted by Crippen LogP contribution is -2.53. The zero-order valence-corrected chi connectivity index (χ0v) is 40.3. The summed E-state index contributed by atoms with van der Waals surface area (Å²) in [5.41, 5.74) is 3.67. The van der Waals surface area contributed by atoms with Gasteiger partial charge < -0.3 is 46.5 Å². The predicted octanol–water partition coefficient (Wildman–Crippen LogP) is 4.78. The van der Waals surface area contributed by atoms with E-state index in [9.17, 15) is 33.6 Å². The van der Waals surface area contributed by atoms with Gasteiger partial charge in [-0.2, -0.15) is 0 Å². The van der Waals surface area contributed by atoms with E-state index >= 15 is 0 Å². The molecule has 19 nitrogen and oxygen atoms in total. The van der Waals surface area contributed by atoms with Gasteiger partial charge in [0.05, 0.1) is 12.7 Å². The number of hydrogen-bond donors (Lipinski definition) is 6. The Morgan fingerprint density at radius 3 is 1.53 bits per heavy atom. The molecule has 19 heteroatoms. The fraction of sp³-hybridized carbons (Fsp3) is 0.800. The van der Waals surface area contributed by atoms with Gasteiger partial charge in [-0.15, -0.1) is 5.10 Å². The highest BCUT2D eigenvalue weighted by Gasteiger charge is 2.31. The van der Waals surface area contributed by atoms with Gasteiger partial charge in [-0.05, 0) is 133 Å². The van der Waals surface area contributed by atoms with Crippen molar-refractivity contribution in [3.63, 3.8) is 0 Å². The van der Waals surface area contributed by atoms with Gasteiger partial charge in [-0.25, -0.2) is 14.4 Å². The van der Waals surface area contributed by atoms with Gasteiger partial charge in [0.2, 0.25) is 17.7 Å². The predicted molar refractivity (Wildman–Crippen MR) is 242 cm³/mol. The summed E-state index contributed by atoms with van der Waals surface area (Å²) < 4.78 is 18.1. The van der Waals surface area contributed by atoms with Gasteiger partial charge in [0.25, 0.3) is 0 Å². The molecular formula is C45H81N9O10. The van der Waals surface area contributed by atoms with Crippen LogP contribution in [-0.2, 0) is 56.1 Å². The average Bonchev–Trinajstić information content (AvgIpc) is 3.63. The van der Waals surface area contributed by atoms with Crippen LogP contribution in [0, 0.1) is 0 Å². The first-order valence-electron chi connectivity index (χ1n) is 23.1. The van der Waals surface area contributed by atoms with Gasteiger partial charge in [0.15, 0.2) is 0 Å². The summed E-state index contributed by atoms with van der Waals surface area (Å²) in [7, 11) is 0.